The highest BCUT2D eigenvalue weighted by Gasteiger charge is 2.34. The van der Waals surface area contributed by atoms with E-state index in [1.165, 1.54) is 5.56 Å². The number of amides is 1. The third-order valence-corrected chi connectivity index (χ3v) is 6.94. The molecule has 184 valence electrons. The summed E-state index contributed by atoms with van der Waals surface area (Å²) in [6.07, 6.45) is 3.16. The highest BCUT2D eigenvalue weighted by molar-refractivity contribution is 5.96. The number of nitrogens with zero attached hydrogens (tertiary/aromatic N) is 3. The Morgan fingerprint density at radius 3 is 2.37 bits per heavy atom. The molecule has 2 atom stereocenters. The van der Waals surface area contributed by atoms with Gasteiger partial charge in [0, 0.05) is 25.4 Å². The van der Waals surface area contributed by atoms with Gasteiger partial charge in [-0.1, -0.05) is 87.9 Å². The Morgan fingerprint density at radius 2 is 1.74 bits per heavy atom. The third-order valence-electron chi connectivity index (χ3n) is 6.94. The van der Waals surface area contributed by atoms with E-state index in [0.717, 1.165) is 24.8 Å². The lowest BCUT2D eigenvalue weighted by atomic mass is 9.95. The van der Waals surface area contributed by atoms with Crippen LogP contribution in [0.15, 0.2) is 65.5 Å². The highest BCUT2D eigenvalue weighted by Crippen LogP contribution is 2.34. The molecule has 0 spiro atoms. The van der Waals surface area contributed by atoms with Crippen molar-refractivity contribution in [3.63, 3.8) is 0 Å². The molecule has 0 bridgehead atoms. The Balaban J connectivity index is 1.76. The van der Waals surface area contributed by atoms with E-state index in [2.05, 4.69) is 37.9 Å². The molecular weight excluding hydrogens is 438 g/mol. The average molecular weight is 474 g/mol. The van der Waals surface area contributed by atoms with Crippen LogP contribution in [0.4, 0.5) is 0 Å². The molecule has 0 aliphatic carbocycles. The lowest BCUT2D eigenvalue weighted by Crippen LogP contribution is -2.36. The summed E-state index contributed by atoms with van der Waals surface area (Å²) < 4.78 is 1.73. The van der Waals surface area contributed by atoms with Crippen LogP contribution in [0.5, 0.6) is 5.88 Å². The Labute approximate surface area is 207 Å². The van der Waals surface area contributed by atoms with E-state index >= 15 is 0 Å². The van der Waals surface area contributed by atoms with Gasteiger partial charge >= 0.3 is 0 Å². The van der Waals surface area contributed by atoms with Crippen LogP contribution in [0.3, 0.4) is 0 Å². The summed E-state index contributed by atoms with van der Waals surface area (Å²) in [5, 5.41) is 11.5. The Morgan fingerprint density at radius 1 is 1.09 bits per heavy atom. The molecule has 2 heterocycles. The van der Waals surface area contributed by atoms with E-state index in [0.29, 0.717) is 25.3 Å². The minimum atomic E-state index is -0.645. The predicted molar refractivity (Wildman–Crippen MR) is 138 cm³/mol. The van der Waals surface area contributed by atoms with Gasteiger partial charge in [-0.25, -0.2) is 0 Å². The van der Waals surface area contributed by atoms with E-state index in [1.54, 1.807) is 9.47 Å². The molecule has 0 saturated carbocycles. The van der Waals surface area contributed by atoms with Gasteiger partial charge in [0.15, 0.2) is 5.56 Å². The Bertz CT molecular complexity index is 1210. The fourth-order valence-electron chi connectivity index (χ4n) is 5.14. The van der Waals surface area contributed by atoms with E-state index in [9.17, 15) is 14.7 Å². The van der Waals surface area contributed by atoms with Gasteiger partial charge in [-0.05, 0) is 29.9 Å². The van der Waals surface area contributed by atoms with Gasteiger partial charge in [0.05, 0.1) is 6.04 Å². The largest absolute Gasteiger partial charge is 0.494 e. The van der Waals surface area contributed by atoms with E-state index in [1.807, 2.05) is 48.5 Å². The van der Waals surface area contributed by atoms with Gasteiger partial charge in [0.25, 0.3) is 11.5 Å². The van der Waals surface area contributed by atoms with Crippen LogP contribution in [0.1, 0.15) is 79.3 Å². The first-order valence-corrected chi connectivity index (χ1v) is 12.7. The zero-order chi connectivity index (χ0) is 24.9. The summed E-state index contributed by atoms with van der Waals surface area (Å²) in [7, 11) is 0. The lowest BCUT2D eigenvalue weighted by molar-refractivity contribution is 0.0783. The molecule has 3 aromatic rings. The van der Waals surface area contributed by atoms with Gasteiger partial charge < -0.3 is 10.0 Å². The number of unbranched alkanes of at least 4 members (excludes halogenated alkanes) is 1. The number of likely N-dealkylation sites (tertiary alicyclic amines) is 1. The number of aromatic hydroxyl groups is 1. The van der Waals surface area contributed by atoms with Crippen molar-refractivity contribution in [2.45, 2.75) is 58.4 Å². The molecule has 1 amide bonds. The number of carbonyl (C=O) groups is 1. The molecule has 1 fully saturated rings. The zero-order valence-corrected chi connectivity index (χ0v) is 20.9. The van der Waals surface area contributed by atoms with E-state index in [-0.39, 0.29) is 29.3 Å². The van der Waals surface area contributed by atoms with Crippen LogP contribution in [0.25, 0.3) is 0 Å². The van der Waals surface area contributed by atoms with Crippen LogP contribution in [-0.2, 0) is 6.42 Å². The quantitative estimate of drug-likeness (QED) is 0.490. The molecule has 6 heteroatoms. The van der Waals surface area contributed by atoms with Gasteiger partial charge in [0.2, 0.25) is 5.88 Å². The number of hydrogen-bond acceptors (Lipinski definition) is 4. The molecule has 4 rings (SSSR count). The number of rotatable bonds is 8. The number of aryl methyl sites for hydroxylation is 1. The second-order valence-electron chi connectivity index (χ2n) is 9.75. The first-order valence-electron chi connectivity index (χ1n) is 12.7. The maximum atomic E-state index is 13.6. The van der Waals surface area contributed by atoms with Crippen LogP contribution in [0.2, 0.25) is 0 Å². The van der Waals surface area contributed by atoms with Crippen LogP contribution in [-0.4, -0.2) is 38.6 Å². The minimum Gasteiger partial charge on any atom is -0.494 e. The first-order chi connectivity index (χ1) is 16.9. The first kappa shape index (κ1) is 24.7. The minimum absolute atomic E-state index is 0.102. The molecule has 6 nitrogen and oxygen atoms in total. The monoisotopic (exact) mass is 473 g/mol. The number of carbonyl (C=O) groups excluding carboxylic acids is 1. The van der Waals surface area contributed by atoms with Crippen LogP contribution < -0.4 is 5.56 Å². The summed E-state index contributed by atoms with van der Waals surface area (Å²) >= 11 is 0. The topological polar surface area (TPSA) is 75.4 Å². The molecule has 35 heavy (non-hydrogen) atoms. The molecule has 0 radical (unpaired) electrons. The zero-order valence-electron chi connectivity index (χ0n) is 20.9. The third kappa shape index (κ3) is 5.16. The van der Waals surface area contributed by atoms with Crippen LogP contribution in [0, 0.1) is 5.92 Å². The van der Waals surface area contributed by atoms with Gasteiger partial charge in [-0.15, -0.1) is 0 Å². The van der Waals surface area contributed by atoms with Crippen molar-refractivity contribution in [1.29, 1.82) is 0 Å². The summed E-state index contributed by atoms with van der Waals surface area (Å²) in [6.45, 7) is 7.29. The lowest BCUT2D eigenvalue weighted by Gasteiger charge is -2.29. The Hall–Kier alpha value is -3.41. The highest BCUT2D eigenvalue weighted by atomic mass is 16.3. The second kappa shape index (κ2) is 10.9. The molecule has 1 saturated heterocycles. The number of aromatic nitrogens is 2. The second-order valence-corrected chi connectivity index (χ2v) is 9.75. The summed E-state index contributed by atoms with van der Waals surface area (Å²) in [5.41, 5.74) is 1.32. The molecule has 1 aromatic heterocycles. The summed E-state index contributed by atoms with van der Waals surface area (Å²) in [5.74, 6) is 0.132. The van der Waals surface area contributed by atoms with E-state index < -0.39 is 11.5 Å². The van der Waals surface area contributed by atoms with Crippen molar-refractivity contribution in [3.05, 3.63) is 93.5 Å². The maximum Gasteiger partial charge on any atom is 0.289 e. The fraction of sp³-hybridized carbons (Fsp3) is 0.414. The molecule has 1 N–H and O–H groups in total. The Kier molecular flexibility index (Phi) is 7.69. The predicted octanol–water partition coefficient (Wildman–Crippen LogP) is 5.17. The average Bonchev–Trinajstić information content (AvgIpc) is 3.36. The normalized spacial score (nSPS) is 16.6. The molecule has 1 aliphatic rings. The molecule has 2 aromatic carbocycles. The fourth-order valence-corrected chi connectivity index (χ4v) is 5.14. The maximum absolute atomic E-state index is 13.6. The smallest absolute Gasteiger partial charge is 0.289 e. The van der Waals surface area contributed by atoms with Crippen molar-refractivity contribution >= 4 is 5.91 Å². The van der Waals surface area contributed by atoms with Gasteiger partial charge in [0.1, 0.15) is 5.82 Å². The SMILES string of the molecule is CCCCc1nc(=O)c(C(=O)N2CC[C@H](c3ccccc3)C2)c(O)n1C(c1ccccc1)C(C)C. The van der Waals surface area contributed by atoms with Crippen molar-refractivity contribution in [2.24, 2.45) is 5.92 Å². The van der Waals surface area contributed by atoms with E-state index in [4.69, 9.17) is 0 Å². The number of benzene rings is 2. The van der Waals surface area contributed by atoms with Crippen molar-refractivity contribution in [3.8, 4) is 5.88 Å². The summed E-state index contributed by atoms with van der Waals surface area (Å²) in [6, 6.07) is 19.8. The molecule has 1 unspecified atom stereocenters. The summed E-state index contributed by atoms with van der Waals surface area (Å²) in [4.78, 5) is 32.8. The van der Waals surface area contributed by atoms with Crippen molar-refractivity contribution in [2.75, 3.05) is 13.1 Å². The molecular formula is C29H35N3O3. The number of hydrogen-bond donors (Lipinski definition) is 1. The van der Waals surface area contributed by atoms with Gasteiger partial charge in [-0.2, -0.15) is 4.98 Å². The van der Waals surface area contributed by atoms with Crippen molar-refractivity contribution < 1.29 is 9.90 Å². The standard InChI is InChI=1S/C29H35N3O3/c1-4-5-16-24-30-27(33)25(28(34)31-18-17-23(19-31)21-12-8-6-9-13-21)29(35)32(24)26(20(2)3)22-14-10-7-11-15-22/h6-15,20,23,26,35H,4-5,16-19H2,1-3H3/t23-,26?/m0/s1. The molecule has 1 aliphatic heterocycles. The van der Waals surface area contributed by atoms with Crippen molar-refractivity contribution in [1.82, 2.24) is 14.5 Å². The van der Waals surface area contributed by atoms with Gasteiger partial charge in [-0.3, -0.25) is 14.2 Å². The van der Waals surface area contributed by atoms with Crippen LogP contribution >= 0.6 is 0 Å².